The molecular weight excluding hydrogens is 286 g/mol. The Hall–Kier alpha value is -3.19. The highest BCUT2D eigenvalue weighted by atomic mass is 16.3. The molecule has 3 aromatic heterocycles. The zero-order chi connectivity index (χ0) is 16.0. The summed E-state index contributed by atoms with van der Waals surface area (Å²) in [6.45, 7) is 9.15. The molecule has 0 spiro atoms. The number of nitrogens with zero attached hydrogens (tertiary/aromatic N) is 3. The van der Waals surface area contributed by atoms with E-state index < -0.39 is 0 Å². The number of benzene rings is 1. The van der Waals surface area contributed by atoms with Gasteiger partial charge >= 0.3 is 5.71 Å². The molecule has 1 aromatic carbocycles. The van der Waals surface area contributed by atoms with E-state index in [9.17, 15) is 0 Å². The quantitative estimate of drug-likeness (QED) is 0.387. The van der Waals surface area contributed by atoms with E-state index in [2.05, 4.69) is 33.5 Å². The number of aromatic nitrogens is 2. The summed E-state index contributed by atoms with van der Waals surface area (Å²) in [6.07, 6.45) is 2.04. The van der Waals surface area contributed by atoms with E-state index in [-0.39, 0.29) is 0 Å². The summed E-state index contributed by atoms with van der Waals surface area (Å²) in [7, 11) is 2.04. The smallest absolute Gasteiger partial charge is 0.322 e. The molecule has 0 bridgehead atoms. The molecule has 0 saturated heterocycles. The molecule has 4 rings (SSSR count). The molecule has 3 heterocycles. The van der Waals surface area contributed by atoms with Gasteiger partial charge in [0.1, 0.15) is 12.6 Å². The molecule has 0 aliphatic carbocycles. The van der Waals surface area contributed by atoms with E-state index in [0.29, 0.717) is 11.5 Å². The van der Waals surface area contributed by atoms with Crippen molar-refractivity contribution in [3.63, 3.8) is 0 Å². The predicted molar refractivity (Wildman–Crippen MR) is 89.1 cm³/mol. The van der Waals surface area contributed by atoms with Gasteiger partial charge in [-0.05, 0) is 36.8 Å². The fourth-order valence-electron chi connectivity index (χ4n) is 2.94. The van der Waals surface area contributed by atoms with Gasteiger partial charge in [0.05, 0.1) is 5.39 Å². The standard InChI is InChI=1S/C19H14N3O/c1-12-10-17-15(11-14(12)16-6-4-5-9-22(16)3)13-7-8-18(20-2)21-19(13)23-17/h4-11H,1,3H3/q+1. The molecule has 0 unspecified atom stereocenters. The second-order valence-corrected chi connectivity index (χ2v) is 5.60. The van der Waals surface area contributed by atoms with Gasteiger partial charge in [-0.3, -0.25) is 0 Å². The van der Waals surface area contributed by atoms with E-state index in [1.54, 1.807) is 6.07 Å². The molecule has 4 nitrogen and oxygen atoms in total. The van der Waals surface area contributed by atoms with Crippen LogP contribution in [0.5, 0.6) is 0 Å². The van der Waals surface area contributed by atoms with E-state index >= 15 is 0 Å². The summed E-state index contributed by atoms with van der Waals surface area (Å²) in [4.78, 5) is 7.62. The van der Waals surface area contributed by atoms with Crippen molar-refractivity contribution in [1.29, 1.82) is 0 Å². The third-order valence-corrected chi connectivity index (χ3v) is 4.11. The van der Waals surface area contributed by atoms with Crippen LogP contribution in [0.15, 0.2) is 53.1 Å². The van der Waals surface area contributed by atoms with Crippen molar-refractivity contribution in [2.75, 3.05) is 0 Å². The van der Waals surface area contributed by atoms with Gasteiger partial charge in [-0.15, -0.1) is 0 Å². The van der Waals surface area contributed by atoms with Crippen molar-refractivity contribution in [3.05, 3.63) is 65.6 Å². The van der Waals surface area contributed by atoms with Gasteiger partial charge in [0.15, 0.2) is 6.20 Å². The molecule has 4 aromatic rings. The monoisotopic (exact) mass is 300 g/mol. The Labute approximate surface area is 133 Å². The van der Waals surface area contributed by atoms with Crippen LogP contribution in [0.3, 0.4) is 0 Å². The largest absolute Gasteiger partial charge is 0.420 e. The molecule has 0 atom stereocenters. The Kier molecular flexibility index (Phi) is 2.88. The Morgan fingerprint density at radius 2 is 2.00 bits per heavy atom. The zero-order valence-electron chi connectivity index (χ0n) is 12.9. The Morgan fingerprint density at radius 3 is 2.78 bits per heavy atom. The van der Waals surface area contributed by atoms with Crippen LogP contribution in [0.2, 0.25) is 0 Å². The average Bonchev–Trinajstić information content (AvgIpc) is 2.91. The lowest BCUT2D eigenvalue weighted by Gasteiger charge is -2.04. The molecule has 23 heavy (non-hydrogen) atoms. The predicted octanol–water partition coefficient (Wildman–Crippen LogP) is 4.33. The van der Waals surface area contributed by atoms with E-state index in [1.165, 1.54) is 0 Å². The first kappa shape index (κ1) is 13.5. The summed E-state index contributed by atoms with van der Waals surface area (Å²) in [6, 6.07) is 14.0. The van der Waals surface area contributed by atoms with Crippen LogP contribution in [0.4, 0.5) is 5.82 Å². The summed E-state index contributed by atoms with van der Waals surface area (Å²) in [5.41, 5.74) is 4.77. The van der Waals surface area contributed by atoms with Gasteiger partial charge in [0.2, 0.25) is 5.69 Å². The first-order valence-corrected chi connectivity index (χ1v) is 7.34. The number of pyridine rings is 2. The molecule has 0 N–H and O–H groups in total. The maximum absolute atomic E-state index is 7.08. The van der Waals surface area contributed by atoms with Gasteiger partial charge in [-0.1, -0.05) is 17.6 Å². The minimum absolute atomic E-state index is 0.350. The van der Waals surface area contributed by atoms with Crippen molar-refractivity contribution >= 4 is 27.9 Å². The van der Waals surface area contributed by atoms with Crippen LogP contribution < -0.4 is 4.57 Å². The number of aryl methyl sites for hydroxylation is 2. The molecule has 0 fully saturated rings. The van der Waals surface area contributed by atoms with Crippen LogP contribution in [-0.2, 0) is 7.05 Å². The number of rotatable bonds is 1. The van der Waals surface area contributed by atoms with Crippen molar-refractivity contribution < 1.29 is 8.98 Å². The van der Waals surface area contributed by atoms with Crippen molar-refractivity contribution in [1.82, 2.24) is 4.98 Å². The van der Waals surface area contributed by atoms with Gasteiger partial charge in [0, 0.05) is 23.1 Å². The van der Waals surface area contributed by atoms with Crippen LogP contribution in [0, 0.1) is 13.5 Å². The maximum atomic E-state index is 7.08. The fraction of sp³-hybridized carbons (Fsp3) is 0.105. The Balaban J connectivity index is 2.05. The number of fused-ring (bicyclic) bond motifs is 3. The van der Waals surface area contributed by atoms with Gasteiger partial charge in [-0.2, -0.15) is 0 Å². The third-order valence-electron chi connectivity index (χ3n) is 4.11. The van der Waals surface area contributed by atoms with Crippen LogP contribution in [0.25, 0.3) is 38.2 Å². The fourth-order valence-corrected chi connectivity index (χ4v) is 2.94. The third kappa shape index (κ3) is 2.06. The molecule has 4 heteroatoms. The summed E-state index contributed by atoms with van der Waals surface area (Å²) >= 11 is 0. The first-order chi connectivity index (χ1) is 11.2. The van der Waals surface area contributed by atoms with Crippen LogP contribution in [0.1, 0.15) is 5.56 Å². The highest BCUT2D eigenvalue weighted by Crippen LogP contribution is 2.33. The van der Waals surface area contributed by atoms with Crippen molar-refractivity contribution in [3.8, 4) is 11.3 Å². The highest BCUT2D eigenvalue weighted by Gasteiger charge is 2.17. The van der Waals surface area contributed by atoms with Crippen molar-refractivity contribution in [2.45, 2.75) is 6.92 Å². The normalized spacial score (nSPS) is 11.0. The van der Waals surface area contributed by atoms with E-state index in [1.807, 2.05) is 37.5 Å². The topological polar surface area (TPSA) is 34.3 Å². The van der Waals surface area contributed by atoms with E-state index in [4.69, 9.17) is 11.0 Å². The van der Waals surface area contributed by atoms with Crippen LogP contribution >= 0.6 is 0 Å². The molecule has 0 aliphatic heterocycles. The summed E-state index contributed by atoms with van der Waals surface area (Å²) < 4.78 is 7.94. The maximum Gasteiger partial charge on any atom is 0.322 e. The molecular formula is C19H14N3O+. The number of hydrogen-bond acceptors (Lipinski definition) is 2. The second-order valence-electron chi connectivity index (χ2n) is 5.60. The minimum Gasteiger partial charge on any atom is -0.420 e. The Bertz CT molecular complexity index is 1100. The lowest BCUT2D eigenvalue weighted by molar-refractivity contribution is -0.660. The molecule has 0 aliphatic rings. The van der Waals surface area contributed by atoms with Gasteiger partial charge < -0.3 is 9.26 Å². The number of furan rings is 1. The lowest BCUT2D eigenvalue weighted by Crippen LogP contribution is -2.30. The summed E-state index contributed by atoms with van der Waals surface area (Å²) in [5, 5.41) is 1.96. The SMILES string of the molecule is [C-]#[N+]c1ccc2c(n1)oc1cc(C)c(-c3cccc[n+]3C)cc12. The lowest BCUT2D eigenvalue weighted by atomic mass is 10.0. The Morgan fingerprint density at radius 1 is 1.13 bits per heavy atom. The summed E-state index contributed by atoms with van der Waals surface area (Å²) in [5.74, 6) is 0.350. The van der Waals surface area contributed by atoms with Gasteiger partial charge in [0.25, 0.3) is 5.82 Å². The molecule has 110 valence electrons. The molecule has 0 saturated carbocycles. The zero-order valence-corrected chi connectivity index (χ0v) is 12.9. The van der Waals surface area contributed by atoms with Crippen LogP contribution in [-0.4, -0.2) is 4.98 Å². The van der Waals surface area contributed by atoms with Crippen molar-refractivity contribution in [2.24, 2.45) is 7.05 Å². The minimum atomic E-state index is 0.350. The number of hydrogen-bond donors (Lipinski definition) is 0. The van der Waals surface area contributed by atoms with E-state index in [0.717, 1.165) is 33.2 Å². The first-order valence-electron chi connectivity index (χ1n) is 7.34. The average molecular weight is 300 g/mol. The second kappa shape index (κ2) is 4.92. The molecule has 0 amide bonds. The van der Waals surface area contributed by atoms with Gasteiger partial charge in [-0.25, -0.2) is 4.57 Å². The highest BCUT2D eigenvalue weighted by molar-refractivity contribution is 6.05. The molecule has 0 radical (unpaired) electrons.